The minimum Gasteiger partial charge on any atom is -0.399 e. The molecule has 1 aliphatic heterocycles. The summed E-state index contributed by atoms with van der Waals surface area (Å²) in [6.07, 6.45) is 1.93. The van der Waals surface area contributed by atoms with Crippen LogP contribution in [0.25, 0.3) is 0 Å². The van der Waals surface area contributed by atoms with Gasteiger partial charge in [0.15, 0.2) is 0 Å². The van der Waals surface area contributed by atoms with Crippen molar-refractivity contribution in [1.29, 1.82) is 0 Å². The number of hydrogen-bond acceptors (Lipinski definition) is 4. The lowest BCUT2D eigenvalue weighted by molar-refractivity contribution is 0.542. The molecular formula is C11H14Br2N2O2S2. The molecule has 1 fully saturated rings. The van der Waals surface area contributed by atoms with Crippen molar-refractivity contribution >= 4 is 59.3 Å². The smallest absolute Gasteiger partial charge is 0.243 e. The topological polar surface area (TPSA) is 72.2 Å². The second-order valence-electron chi connectivity index (χ2n) is 4.35. The van der Waals surface area contributed by atoms with Crippen LogP contribution >= 0.6 is 43.6 Å². The van der Waals surface area contributed by atoms with Gasteiger partial charge in [-0.15, -0.1) is 0 Å². The average molecular weight is 430 g/mol. The second kappa shape index (κ2) is 6.34. The molecule has 2 rings (SSSR count). The summed E-state index contributed by atoms with van der Waals surface area (Å²) in [6, 6.07) is 3.18. The molecule has 1 aliphatic rings. The number of nitrogen functional groups attached to an aromatic ring is 1. The minimum absolute atomic E-state index is 0.0000954. The Labute approximate surface area is 134 Å². The van der Waals surface area contributed by atoms with E-state index in [9.17, 15) is 8.42 Å². The van der Waals surface area contributed by atoms with E-state index in [0.717, 1.165) is 24.3 Å². The maximum absolute atomic E-state index is 12.4. The molecule has 106 valence electrons. The molecule has 0 aromatic heterocycles. The molecule has 0 spiro atoms. The summed E-state index contributed by atoms with van der Waals surface area (Å²) in [5.74, 6) is 1.93. The number of nitrogens with one attached hydrogen (secondary N) is 1. The van der Waals surface area contributed by atoms with Crippen LogP contribution in [0.3, 0.4) is 0 Å². The van der Waals surface area contributed by atoms with Crippen molar-refractivity contribution in [3.8, 4) is 0 Å². The third-order valence-corrected chi connectivity index (χ3v) is 7.38. The number of hydrogen-bond donors (Lipinski definition) is 2. The van der Waals surface area contributed by atoms with Crippen LogP contribution in [0.2, 0.25) is 0 Å². The Hall–Kier alpha value is 0.240. The van der Waals surface area contributed by atoms with Gasteiger partial charge in [0.1, 0.15) is 4.90 Å². The number of benzene rings is 1. The maximum Gasteiger partial charge on any atom is 0.243 e. The number of halogens is 2. The lowest BCUT2D eigenvalue weighted by atomic mass is 10.2. The molecule has 1 atom stereocenters. The zero-order valence-electron chi connectivity index (χ0n) is 10.0. The molecule has 0 radical (unpaired) electrons. The first-order valence-corrected chi connectivity index (χ1v) is 9.97. The molecule has 19 heavy (non-hydrogen) atoms. The highest BCUT2D eigenvalue weighted by Gasteiger charge is 2.26. The molecule has 1 heterocycles. The van der Waals surface area contributed by atoms with Gasteiger partial charge in [-0.2, -0.15) is 11.8 Å². The molecule has 0 bridgehead atoms. The van der Waals surface area contributed by atoms with Gasteiger partial charge in [-0.3, -0.25) is 0 Å². The van der Waals surface area contributed by atoms with E-state index in [1.807, 2.05) is 0 Å². The number of anilines is 1. The van der Waals surface area contributed by atoms with Gasteiger partial charge in [0, 0.05) is 26.4 Å². The molecule has 4 nitrogen and oxygen atoms in total. The van der Waals surface area contributed by atoms with Crippen LogP contribution < -0.4 is 10.5 Å². The third-order valence-electron chi connectivity index (χ3n) is 2.77. The van der Waals surface area contributed by atoms with Crippen molar-refractivity contribution < 1.29 is 8.42 Å². The molecule has 1 aromatic rings. The lowest BCUT2D eigenvalue weighted by Crippen LogP contribution is -2.38. The Morgan fingerprint density at radius 3 is 2.47 bits per heavy atom. The highest BCUT2D eigenvalue weighted by molar-refractivity contribution is 9.11. The Kier molecular flexibility index (Phi) is 5.21. The van der Waals surface area contributed by atoms with E-state index < -0.39 is 10.0 Å². The third kappa shape index (κ3) is 3.87. The van der Waals surface area contributed by atoms with Crippen LogP contribution in [0.1, 0.15) is 12.8 Å². The van der Waals surface area contributed by atoms with Crippen molar-refractivity contribution in [1.82, 2.24) is 4.72 Å². The summed E-state index contributed by atoms with van der Waals surface area (Å²) in [5.41, 5.74) is 6.18. The summed E-state index contributed by atoms with van der Waals surface area (Å²) in [6.45, 7) is 0. The van der Waals surface area contributed by atoms with Crippen molar-refractivity contribution in [2.45, 2.75) is 23.8 Å². The van der Waals surface area contributed by atoms with E-state index in [4.69, 9.17) is 5.73 Å². The molecule has 8 heteroatoms. The zero-order valence-corrected chi connectivity index (χ0v) is 14.8. The molecule has 1 saturated heterocycles. The van der Waals surface area contributed by atoms with Crippen molar-refractivity contribution in [2.24, 2.45) is 0 Å². The summed E-state index contributed by atoms with van der Waals surface area (Å²) in [7, 11) is -3.55. The van der Waals surface area contributed by atoms with Crippen LogP contribution in [0.4, 0.5) is 5.69 Å². The van der Waals surface area contributed by atoms with Crippen molar-refractivity contribution in [3.05, 3.63) is 21.1 Å². The molecule has 1 aromatic carbocycles. The van der Waals surface area contributed by atoms with Crippen LogP contribution in [0.5, 0.6) is 0 Å². The fourth-order valence-corrected chi connectivity index (χ4v) is 7.02. The maximum atomic E-state index is 12.4. The second-order valence-corrected chi connectivity index (χ2v) is 8.86. The largest absolute Gasteiger partial charge is 0.399 e. The van der Waals surface area contributed by atoms with E-state index in [2.05, 4.69) is 36.6 Å². The van der Waals surface area contributed by atoms with Crippen molar-refractivity contribution in [2.75, 3.05) is 17.2 Å². The van der Waals surface area contributed by atoms with E-state index >= 15 is 0 Å². The van der Waals surface area contributed by atoms with E-state index in [1.54, 1.807) is 23.9 Å². The van der Waals surface area contributed by atoms with Gasteiger partial charge in [-0.25, -0.2) is 13.1 Å². The Bertz CT molecular complexity index is 549. The Morgan fingerprint density at radius 2 is 1.95 bits per heavy atom. The van der Waals surface area contributed by atoms with E-state index in [-0.39, 0.29) is 10.9 Å². The van der Waals surface area contributed by atoms with Crippen LogP contribution in [0, 0.1) is 0 Å². The van der Waals surface area contributed by atoms with Gasteiger partial charge in [0.25, 0.3) is 0 Å². The van der Waals surface area contributed by atoms with Gasteiger partial charge in [-0.05, 0) is 62.6 Å². The van der Waals surface area contributed by atoms with Crippen LogP contribution in [-0.2, 0) is 10.0 Å². The molecular weight excluding hydrogens is 416 g/mol. The highest BCUT2D eigenvalue weighted by atomic mass is 79.9. The van der Waals surface area contributed by atoms with Gasteiger partial charge in [0.05, 0.1) is 0 Å². The van der Waals surface area contributed by atoms with Gasteiger partial charge < -0.3 is 5.73 Å². The predicted octanol–water partition coefficient (Wildman–Crippen LogP) is 2.97. The summed E-state index contributed by atoms with van der Waals surface area (Å²) >= 11 is 8.31. The molecule has 3 N–H and O–H groups in total. The SMILES string of the molecule is Nc1cc(Br)c(S(=O)(=O)NC2CCCSC2)c(Br)c1. The van der Waals surface area contributed by atoms with Crippen molar-refractivity contribution in [3.63, 3.8) is 0 Å². The molecule has 0 aliphatic carbocycles. The molecule has 0 saturated carbocycles. The Balaban J connectivity index is 2.29. The molecule has 0 amide bonds. The summed E-state index contributed by atoms with van der Waals surface area (Å²) in [4.78, 5) is 0.206. The quantitative estimate of drug-likeness (QED) is 0.724. The Morgan fingerprint density at radius 1 is 1.32 bits per heavy atom. The highest BCUT2D eigenvalue weighted by Crippen LogP contribution is 2.33. The summed E-state index contributed by atoms with van der Waals surface area (Å²) < 4.78 is 28.6. The first-order valence-electron chi connectivity index (χ1n) is 5.75. The predicted molar refractivity (Wildman–Crippen MR) is 86.9 cm³/mol. The fraction of sp³-hybridized carbons (Fsp3) is 0.455. The summed E-state index contributed by atoms with van der Waals surface area (Å²) in [5, 5.41) is 0. The fourth-order valence-electron chi connectivity index (χ4n) is 1.95. The first kappa shape index (κ1) is 15.6. The number of nitrogens with two attached hydrogens (primary N) is 1. The molecule has 1 unspecified atom stereocenters. The zero-order chi connectivity index (χ0) is 14.0. The van der Waals surface area contributed by atoms with E-state index in [0.29, 0.717) is 14.6 Å². The van der Waals surface area contributed by atoms with Crippen LogP contribution in [-0.4, -0.2) is 26.0 Å². The standard InChI is InChI=1S/C11H14Br2N2O2S2/c12-9-4-7(14)5-10(13)11(9)19(16,17)15-8-2-1-3-18-6-8/h4-5,8,15H,1-3,6,14H2. The van der Waals surface area contributed by atoms with Gasteiger partial charge in [0.2, 0.25) is 10.0 Å². The van der Waals surface area contributed by atoms with Gasteiger partial charge >= 0.3 is 0 Å². The van der Waals surface area contributed by atoms with Gasteiger partial charge in [-0.1, -0.05) is 0 Å². The first-order chi connectivity index (χ1) is 8.90. The average Bonchev–Trinajstić information content (AvgIpc) is 2.27. The van der Waals surface area contributed by atoms with E-state index in [1.165, 1.54) is 0 Å². The lowest BCUT2D eigenvalue weighted by Gasteiger charge is -2.23. The number of rotatable bonds is 3. The van der Waals surface area contributed by atoms with Crippen LogP contribution in [0.15, 0.2) is 26.0 Å². The normalized spacial score (nSPS) is 20.4. The number of thioether (sulfide) groups is 1. The monoisotopic (exact) mass is 428 g/mol. The minimum atomic E-state index is -3.55. The number of sulfonamides is 1.